The van der Waals surface area contributed by atoms with Crippen molar-refractivity contribution in [3.63, 3.8) is 0 Å². The van der Waals surface area contributed by atoms with Crippen molar-refractivity contribution in [2.24, 2.45) is 0 Å². The molecule has 0 radical (unpaired) electrons. The molecule has 0 heterocycles. The lowest BCUT2D eigenvalue weighted by Crippen LogP contribution is -2.32. The largest absolute Gasteiger partial charge is 0.478 e. The summed E-state index contributed by atoms with van der Waals surface area (Å²) in [5.41, 5.74) is 1.19. The molecule has 0 fully saturated rings. The predicted octanol–water partition coefficient (Wildman–Crippen LogP) is 2.32. The molecule has 0 unspecified atom stereocenters. The van der Waals surface area contributed by atoms with Gasteiger partial charge in [-0.05, 0) is 38.3 Å². The molecule has 0 aliphatic heterocycles. The molecule has 3 N–H and O–H groups in total. The predicted molar refractivity (Wildman–Crippen MR) is 80.7 cm³/mol. The minimum Gasteiger partial charge on any atom is -0.478 e. The Balaban J connectivity index is 2.64. The smallest absolute Gasteiger partial charge is 0.337 e. The van der Waals surface area contributed by atoms with Crippen molar-refractivity contribution in [1.29, 1.82) is 0 Å². The highest BCUT2D eigenvalue weighted by Crippen LogP contribution is 2.18. The maximum absolute atomic E-state index is 12.0. The SMILES string of the molecule is Cc1ccc(NC(=O)N(C)CCCCCO)c(C(=O)O)c1. The summed E-state index contributed by atoms with van der Waals surface area (Å²) in [6.07, 6.45) is 2.36. The summed E-state index contributed by atoms with van der Waals surface area (Å²) >= 11 is 0. The van der Waals surface area contributed by atoms with Crippen molar-refractivity contribution in [3.05, 3.63) is 29.3 Å². The fourth-order valence-electron chi connectivity index (χ4n) is 1.89. The van der Waals surface area contributed by atoms with Gasteiger partial charge in [0.15, 0.2) is 0 Å². The van der Waals surface area contributed by atoms with E-state index in [0.717, 1.165) is 24.8 Å². The third-order valence-corrected chi connectivity index (χ3v) is 3.15. The van der Waals surface area contributed by atoms with E-state index in [2.05, 4.69) is 5.32 Å². The number of nitrogens with one attached hydrogen (secondary N) is 1. The number of urea groups is 1. The van der Waals surface area contributed by atoms with E-state index in [1.165, 1.54) is 11.0 Å². The minimum atomic E-state index is -1.07. The fraction of sp³-hybridized carbons (Fsp3) is 0.467. The van der Waals surface area contributed by atoms with Crippen molar-refractivity contribution in [2.75, 3.05) is 25.5 Å². The topological polar surface area (TPSA) is 89.9 Å². The van der Waals surface area contributed by atoms with Gasteiger partial charge in [-0.1, -0.05) is 11.6 Å². The maximum atomic E-state index is 12.0. The molecule has 1 rings (SSSR count). The third-order valence-electron chi connectivity index (χ3n) is 3.15. The normalized spacial score (nSPS) is 10.2. The number of aliphatic hydroxyl groups excluding tert-OH is 1. The van der Waals surface area contributed by atoms with E-state index in [4.69, 9.17) is 10.2 Å². The Bertz CT molecular complexity index is 502. The molecule has 21 heavy (non-hydrogen) atoms. The number of carboxylic acid groups (broad SMARTS) is 1. The second kappa shape index (κ2) is 8.26. The summed E-state index contributed by atoms with van der Waals surface area (Å²) in [7, 11) is 1.66. The average molecular weight is 294 g/mol. The van der Waals surface area contributed by atoms with Crippen LogP contribution in [0.4, 0.5) is 10.5 Å². The first-order valence-corrected chi connectivity index (χ1v) is 6.92. The van der Waals surface area contributed by atoms with Crippen LogP contribution in [0.3, 0.4) is 0 Å². The van der Waals surface area contributed by atoms with Gasteiger partial charge < -0.3 is 20.4 Å². The van der Waals surface area contributed by atoms with Crippen molar-refractivity contribution < 1.29 is 19.8 Å². The van der Waals surface area contributed by atoms with Crippen LogP contribution in [-0.2, 0) is 0 Å². The second-order valence-electron chi connectivity index (χ2n) is 4.99. The van der Waals surface area contributed by atoms with Crippen molar-refractivity contribution in [1.82, 2.24) is 4.90 Å². The van der Waals surface area contributed by atoms with E-state index in [1.54, 1.807) is 26.1 Å². The monoisotopic (exact) mass is 294 g/mol. The van der Waals surface area contributed by atoms with Crippen LogP contribution in [-0.4, -0.2) is 47.3 Å². The van der Waals surface area contributed by atoms with Gasteiger partial charge in [-0.3, -0.25) is 0 Å². The molecule has 0 bridgehead atoms. The van der Waals surface area contributed by atoms with Crippen LogP contribution in [0.1, 0.15) is 35.2 Å². The van der Waals surface area contributed by atoms with Crippen LogP contribution < -0.4 is 5.32 Å². The molecule has 1 aromatic rings. The Morgan fingerprint density at radius 2 is 1.95 bits per heavy atom. The third kappa shape index (κ3) is 5.43. The number of hydrogen-bond donors (Lipinski definition) is 3. The fourth-order valence-corrected chi connectivity index (χ4v) is 1.89. The molecule has 116 valence electrons. The lowest BCUT2D eigenvalue weighted by atomic mass is 10.1. The highest BCUT2D eigenvalue weighted by atomic mass is 16.4. The number of amides is 2. The molecule has 0 saturated heterocycles. The average Bonchev–Trinajstić information content (AvgIpc) is 2.44. The number of unbranched alkanes of at least 4 members (excludes halogenated alkanes) is 2. The molecule has 2 amide bonds. The highest BCUT2D eigenvalue weighted by Gasteiger charge is 2.14. The van der Waals surface area contributed by atoms with Crippen LogP contribution in [0, 0.1) is 6.92 Å². The van der Waals surface area contributed by atoms with Crippen LogP contribution in [0.2, 0.25) is 0 Å². The Hall–Kier alpha value is -2.08. The number of aromatic carboxylic acids is 1. The number of hydrogen-bond acceptors (Lipinski definition) is 3. The molecule has 1 aromatic carbocycles. The number of aliphatic hydroxyl groups is 1. The zero-order valence-corrected chi connectivity index (χ0v) is 12.4. The Kier molecular flexibility index (Phi) is 6.68. The number of carbonyl (C=O) groups excluding carboxylic acids is 1. The first-order valence-electron chi connectivity index (χ1n) is 6.92. The number of nitrogens with zero attached hydrogens (tertiary/aromatic N) is 1. The molecule has 0 saturated carbocycles. The van der Waals surface area contributed by atoms with Gasteiger partial charge in [0.05, 0.1) is 11.3 Å². The summed E-state index contributed by atoms with van der Waals surface area (Å²) in [5, 5.41) is 20.5. The van der Waals surface area contributed by atoms with Gasteiger partial charge in [-0.2, -0.15) is 0 Å². The molecule has 0 aliphatic carbocycles. The van der Waals surface area contributed by atoms with Gasteiger partial charge in [-0.15, -0.1) is 0 Å². The number of carbonyl (C=O) groups is 2. The number of anilines is 1. The Labute approximate surface area is 124 Å². The molecule has 0 spiro atoms. The van der Waals surface area contributed by atoms with Gasteiger partial charge in [-0.25, -0.2) is 9.59 Å². The molecule has 0 aromatic heterocycles. The lowest BCUT2D eigenvalue weighted by Gasteiger charge is -2.18. The quantitative estimate of drug-likeness (QED) is 0.673. The minimum absolute atomic E-state index is 0.0806. The van der Waals surface area contributed by atoms with E-state index >= 15 is 0 Å². The highest BCUT2D eigenvalue weighted by molar-refractivity contribution is 6.00. The number of carboxylic acids is 1. The molecule has 6 nitrogen and oxygen atoms in total. The van der Waals surface area contributed by atoms with Crippen LogP contribution in [0.5, 0.6) is 0 Å². The van der Waals surface area contributed by atoms with Crippen molar-refractivity contribution >= 4 is 17.7 Å². The number of benzene rings is 1. The summed E-state index contributed by atoms with van der Waals surface area (Å²) in [5.74, 6) is -1.07. The van der Waals surface area contributed by atoms with Crippen LogP contribution >= 0.6 is 0 Å². The molecule has 6 heteroatoms. The van der Waals surface area contributed by atoms with E-state index in [1.807, 2.05) is 0 Å². The van der Waals surface area contributed by atoms with Gasteiger partial charge in [0, 0.05) is 20.2 Å². The first kappa shape index (κ1) is 17.0. The summed E-state index contributed by atoms with van der Waals surface area (Å²) in [4.78, 5) is 24.7. The number of rotatable bonds is 7. The van der Waals surface area contributed by atoms with Gasteiger partial charge in [0.1, 0.15) is 0 Å². The van der Waals surface area contributed by atoms with E-state index in [0.29, 0.717) is 12.2 Å². The van der Waals surface area contributed by atoms with Crippen LogP contribution in [0.15, 0.2) is 18.2 Å². The van der Waals surface area contributed by atoms with Gasteiger partial charge in [0.2, 0.25) is 0 Å². The Morgan fingerprint density at radius 1 is 1.24 bits per heavy atom. The molecular weight excluding hydrogens is 272 g/mol. The summed E-state index contributed by atoms with van der Waals surface area (Å²) in [6, 6.07) is 4.53. The second-order valence-corrected chi connectivity index (χ2v) is 4.99. The lowest BCUT2D eigenvalue weighted by molar-refractivity contribution is 0.0698. The molecule has 0 atom stereocenters. The van der Waals surface area contributed by atoms with Crippen molar-refractivity contribution in [3.8, 4) is 0 Å². The van der Waals surface area contributed by atoms with Gasteiger partial charge >= 0.3 is 12.0 Å². The maximum Gasteiger partial charge on any atom is 0.337 e. The van der Waals surface area contributed by atoms with Crippen molar-refractivity contribution in [2.45, 2.75) is 26.2 Å². The zero-order chi connectivity index (χ0) is 15.8. The van der Waals surface area contributed by atoms with E-state index in [-0.39, 0.29) is 18.2 Å². The van der Waals surface area contributed by atoms with Crippen LogP contribution in [0.25, 0.3) is 0 Å². The number of aryl methyl sites for hydroxylation is 1. The van der Waals surface area contributed by atoms with Gasteiger partial charge in [0.25, 0.3) is 0 Å². The van der Waals surface area contributed by atoms with E-state index < -0.39 is 5.97 Å². The zero-order valence-electron chi connectivity index (χ0n) is 12.4. The standard InChI is InChI=1S/C15H22N2O4/c1-11-6-7-13(12(10-11)14(19)20)16-15(21)17(2)8-4-3-5-9-18/h6-7,10,18H,3-5,8-9H2,1-2H3,(H,16,21)(H,19,20). The van der Waals surface area contributed by atoms with E-state index in [9.17, 15) is 9.59 Å². The summed E-state index contributed by atoms with van der Waals surface area (Å²) in [6.45, 7) is 2.51. The molecular formula is C15H22N2O4. The first-order chi connectivity index (χ1) is 9.95. The molecule has 0 aliphatic rings. The summed E-state index contributed by atoms with van der Waals surface area (Å²) < 4.78 is 0. The Morgan fingerprint density at radius 3 is 2.57 bits per heavy atom.